The Hall–Kier alpha value is 1.76. The van der Waals surface area contributed by atoms with Crippen LogP contribution in [0.1, 0.15) is 0 Å². The van der Waals surface area contributed by atoms with Gasteiger partial charge in [0, 0.05) is 0 Å². The molecule has 0 aliphatic heterocycles. The first-order chi connectivity index (χ1) is 6.69. The van der Waals surface area contributed by atoms with Crippen LogP contribution in [0.4, 0.5) is 4.79 Å². The van der Waals surface area contributed by atoms with Crippen LogP contribution in [0.5, 0.6) is 0 Å². The van der Waals surface area contributed by atoms with E-state index in [0.717, 1.165) is 0 Å². The molecule has 0 aromatic carbocycles. The third-order valence-electron chi connectivity index (χ3n) is 2.45. The molecule has 0 aromatic heterocycles. The van der Waals surface area contributed by atoms with Gasteiger partial charge < -0.3 is 0 Å². The monoisotopic (exact) mass is 353 g/mol. The SMILES string of the molecule is C[PH](C)(C)[Co]([C](=O)Cl)([PH](C)(C)C)[PH](C)(C)C. The molecule has 0 fully saturated rings. The standard InChI is InChI=1S/3C3H9P.CClO.Co/c3*1-4(2)3;2-1-3;/h3*1-3H3;;/q;;;;-3/p+3. The van der Waals surface area contributed by atoms with Crippen molar-refractivity contribution in [2.75, 3.05) is 60.0 Å². The van der Waals surface area contributed by atoms with E-state index in [-0.39, 0.29) is 4.18 Å². The molecule has 0 rings (SSSR count). The topological polar surface area (TPSA) is 17.1 Å². The van der Waals surface area contributed by atoms with E-state index in [1.807, 2.05) is 0 Å². The van der Waals surface area contributed by atoms with Crippen molar-refractivity contribution in [3.05, 3.63) is 0 Å². The molecular formula is C10H30ClCoOP3. The van der Waals surface area contributed by atoms with Crippen LogP contribution in [-0.2, 0) is 11.3 Å². The van der Waals surface area contributed by atoms with Gasteiger partial charge in [-0.05, 0) is 0 Å². The molecule has 0 aromatic rings. The molecule has 0 N–H and O–H groups in total. The van der Waals surface area contributed by atoms with Crippen molar-refractivity contribution in [1.82, 2.24) is 0 Å². The molecule has 0 saturated heterocycles. The molecule has 0 bridgehead atoms. The number of carbonyl (C=O) groups excluding carboxylic acids is 1. The van der Waals surface area contributed by atoms with Crippen LogP contribution in [0, 0.1) is 0 Å². The molecule has 1 nitrogen and oxygen atoms in total. The molecule has 0 amide bonds. The average molecular weight is 354 g/mol. The first-order valence-corrected chi connectivity index (χ1v) is 21.1. The summed E-state index contributed by atoms with van der Waals surface area (Å²) in [5.74, 6) is -4.56. The fourth-order valence-electron chi connectivity index (χ4n) is 2.84. The number of hydrogen-bond donors (Lipinski definition) is 0. The molecule has 0 radical (unpaired) electrons. The van der Waals surface area contributed by atoms with Crippen molar-refractivity contribution in [2.24, 2.45) is 0 Å². The van der Waals surface area contributed by atoms with Crippen molar-refractivity contribution >= 4 is 33.8 Å². The molecule has 6 heteroatoms. The summed E-state index contributed by atoms with van der Waals surface area (Å²) in [6.07, 6.45) is 0. The summed E-state index contributed by atoms with van der Waals surface area (Å²) in [5.41, 5.74) is 0. The summed E-state index contributed by atoms with van der Waals surface area (Å²) in [7, 11) is 0. The van der Waals surface area contributed by atoms with Crippen LogP contribution >= 0.6 is 29.6 Å². The van der Waals surface area contributed by atoms with Gasteiger partial charge in [-0.3, -0.25) is 0 Å². The van der Waals surface area contributed by atoms with Gasteiger partial charge in [-0.1, -0.05) is 0 Å². The Morgan fingerprint density at radius 3 is 0.938 bits per heavy atom. The summed E-state index contributed by atoms with van der Waals surface area (Å²) >= 11 is 4.61. The van der Waals surface area contributed by atoms with Crippen molar-refractivity contribution in [2.45, 2.75) is 0 Å². The van der Waals surface area contributed by atoms with E-state index >= 15 is 0 Å². The third kappa shape index (κ3) is 2.84. The Morgan fingerprint density at radius 2 is 0.938 bits per heavy atom. The molecule has 0 atom stereocenters. The number of hydrogen-bond acceptors (Lipinski definition) is 1. The average Bonchev–Trinajstić information content (AvgIpc) is 1.71. The zero-order valence-electron chi connectivity index (χ0n) is 12.1. The molecule has 0 aliphatic carbocycles. The Bertz CT molecular complexity index is 250. The van der Waals surface area contributed by atoms with E-state index in [0.29, 0.717) is 0 Å². The van der Waals surface area contributed by atoms with Crippen LogP contribution < -0.4 is 0 Å². The molecule has 0 unspecified atom stereocenters. The van der Waals surface area contributed by atoms with Gasteiger partial charge >= 0.3 is 110 Å². The van der Waals surface area contributed by atoms with Gasteiger partial charge in [0.25, 0.3) is 0 Å². The molecule has 107 valence electrons. The third-order valence-corrected chi connectivity index (χ3v) is 69.7. The second kappa shape index (κ2) is 5.03. The molecule has 16 heavy (non-hydrogen) atoms. The first kappa shape index (κ1) is 17.8. The Labute approximate surface area is 109 Å². The van der Waals surface area contributed by atoms with Crippen molar-refractivity contribution in [1.29, 1.82) is 0 Å². The number of carbonyl (C=O) groups is 1. The van der Waals surface area contributed by atoms with E-state index in [1.54, 1.807) is 0 Å². The minimum atomic E-state index is -1.55. The van der Waals surface area contributed by atoms with Gasteiger partial charge in [0.2, 0.25) is 0 Å². The van der Waals surface area contributed by atoms with Gasteiger partial charge in [0.1, 0.15) is 0 Å². The van der Waals surface area contributed by atoms with E-state index in [9.17, 15) is 4.79 Å². The normalized spacial score (nSPS) is 23.1. The zero-order chi connectivity index (χ0) is 13.6. The van der Waals surface area contributed by atoms with Gasteiger partial charge in [-0.25, -0.2) is 0 Å². The maximum atomic E-state index is 12.3. The Balaban J connectivity index is 6.17. The van der Waals surface area contributed by atoms with E-state index in [1.165, 1.54) is 0 Å². The zero-order valence-corrected chi connectivity index (χ0v) is 16.9. The van der Waals surface area contributed by atoms with Crippen molar-refractivity contribution in [3.63, 3.8) is 0 Å². The van der Waals surface area contributed by atoms with Crippen LogP contribution in [0.3, 0.4) is 0 Å². The van der Waals surface area contributed by atoms with Gasteiger partial charge in [-0.2, -0.15) is 0 Å². The maximum absolute atomic E-state index is 12.3. The van der Waals surface area contributed by atoms with E-state index in [2.05, 4.69) is 60.0 Å². The predicted molar refractivity (Wildman–Crippen MR) is 89.5 cm³/mol. The predicted octanol–water partition coefficient (Wildman–Crippen LogP) is 4.16. The molecule has 0 spiro atoms. The molecule has 0 aliphatic rings. The second-order valence-electron chi connectivity index (χ2n) is 6.71. The van der Waals surface area contributed by atoms with E-state index in [4.69, 9.17) is 11.6 Å². The molecule has 0 saturated carbocycles. The fraction of sp³-hybridized carbons (Fsp3) is 0.900. The Kier molecular flexibility index (Phi) is 5.58. The summed E-state index contributed by atoms with van der Waals surface area (Å²) < 4.78 is 0.0723. The Morgan fingerprint density at radius 1 is 0.750 bits per heavy atom. The van der Waals surface area contributed by atoms with Gasteiger partial charge in [0.05, 0.1) is 0 Å². The fourth-order valence-corrected chi connectivity index (χ4v) is 97.8. The second-order valence-corrected chi connectivity index (χ2v) is 45.7. The van der Waals surface area contributed by atoms with Crippen LogP contribution in [0.2, 0.25) is 0 Å². The molecule has 0 heterocycles. The minimum absolute atomic E-state index is 0.0723. The summed E-state index contributed by atoms with van der Waals surface area (Å²) in [6, 6.07) is 0. The first-order valence-electron chi connectivity index (χ1n) is 5.56. The van der Waals surface area contributed by atoms with Crippen molar-refractivity contribution in [3.8, 4) is 0 Å². The van der Waals surface area contributed by atoms with Gasteiger partial charge in [0.15, 0.2) is 0 Å². The molecular weight excluding hydrogens is 323 g/mol. The number of rotatable bonds is 4. The van der Waals surface area contributed by atoms with Gasteiger partial charge in [-0.15, -0.1) is 0 Å². The summed E-state index contributed by atoms with van der Waals surface area (Å²) in [6.45, 7) is 21.2. The summed E-state index contributed by atoms with van der Waals surface area (Å²) in [4.78, 5) is 12.3. The number of halogens is 1. The van der Waals surface area contributed by atoms with Crippen molar-refractivity contribution < 1.29 is 16.1 Å². The van der Waals surface area contributed by atoms with Crippen LogP contribution in [0.25, 0.3) is 0 Å². The van der Waals surface area contributed by atoms with E-state index < -0.39 is 29.3 Å². The quantitative estimate of drug-likeness (QED) is 0.548. The van der Waals surface area contributed by atoms with Crippen LogP contribution in [0.15, 0.2) is 0 Å². The summed E-state index contributed by atoms with van der Waals surface area (Å²) in [5, 5.41) is 0. The van der Waals surface area contributed by atoms with Crippen LogP contribution in [-0.4, -0.2) is 64.2 Å².